The zero-order valence-electron chi connectivity index (χ0n) is 15.1. The molecule has 0 spiro atoms. The summed E-state index contributed by atoms with van der Waals surface area (Å²) in [5, 5.41) is 19.2. The van der Waals surface area contributed by atoms with E-state index in [0.717, 1.165) is 24.3 Å². The molecule has 2 atom stereocenters. The second-order valence-corrected chi connectivity index (χ2v) is 6.63. The first-order valence-corrected chi connectivity index (χ1v) is 8.51. The van der Waals surface area contributed by atoms with Crippen molar-refractivity contribution in [1.29, 1.82) is 5.26 Å². The van der Waals surface area contributed by atoms with Crippen LogP contribution < -0.4 is 4.74 Å². The number of nitrogens with zero attached hydrogens (tertiary/aromatic N) is 2. The van der Waals surface area contributed by atoms with Gasteiger partial charge in [-0.3, -0.25) is 0 Å². The fraction of sp³-hybridized carbons (Fsp3) is 0.381. The van der Waals surface area contributed by atoms with Crippen LogP contribution in [0.3, 0.4) is 0 Å². The van der Waals surface area contributed by atoms with Crippen LogP contribution in [0.2, 0.25) is 0 Å². The van der Waals surface area contributed by atoms with Crippen LogP contribution in [0, 0.1) is 17.2 Å². The number of hydrogen-bond acceptors (Lipinski definition) is 4. The van der Waals surface area contributed by atoms with Crippen molar-refractivity contribution in [2.45, 2.75) is 19.4 Å². The molecule has 132 valence electrons. The molecular weight excluding hydrogens is 312 g/mol. The van der Waals surface area contributed by atoms with E-state index >= 15 is 0 Å². The number of likely N-dealkylation sites (N-methyl/N-ethyl adjacent to an activating group) is 1. The molecule has 0 aliphatic rings. The van der Waals surface area contributed by atoms with Crippen LogP contribution in [0.15, 0.2) is 48.5 Å². The molecular formula is C21H26N2O2. The largest absolute Gasteiger partial charge is 0.497 e. The number of aliphatic hydroxyl groups is 1. The third kappa shape index (κ3) is 5.90. The van der Waals surface area contributed by atoms with Gasteiger partial charge in [0.15, 0.2) is 0 Å². The van der Waals surface area contributed by atoms with Gasteiger partial charge in [0, 0.05) is 13.1 Å². The molecule has 0 saturated heterocycles. The number of nitriles is 1. The standard InChI is InChI=1S/C21H26N2O2/c1-16(12-17-6-10-20(25-3)11-7-17)14-23(2)15-21(24)19-8-4-18(13-22)5-9-19/h4-11,16,21,24H,12,14-15H2,1-3H3. The lowest BCUT2D eigenvalue weighted by atomic mass is 10.00. The first-order valence-electron chi connectivity index (χ1n) is 8.51. The Labute approximate surface area is 150 Å². The van der Waals surface area contributed by atoms with Gasteiger partial charge in [-0.05, 0) is 54.8 Å². The van der Waals surface area contributed by atoms with E-state index in [1.807, 2.05) is 31.3 Å². The van der Waals surface area contributed by atoms with E-state index in [4.69, 9.17) is 10.00 Å². The summed E-state index contributed by atoms with van der Waals surface area (Å²) in [6, 6.07) is 17.4. The van der Waals surface area contributed by atoms with Crippen LogP contribution in [0.5, 0.6) is 5.75 Å². The Balaban J connectivity index is 1.83. The lowest BCUT2D eigenvalue weighted by Crippen LogP contribution is -2.29. The second kappa shape index (κ2) is 9.22. The number of benzene rings is 2. The van der Waals surface area contributed by atoms with Crippen molar-refractivity contribution in [1.82, 2.24) is 4.90 Å². The van der Waals surface area contributed by atoms with E-state index < -0.39 is 6.10 Å². The highest BCUT2D eigenvalue weighted by Gasteiger charge is 2.13. The van der Waals surface area contributed by atoms with E-state index in [9.17, 15) is 5.11 Å². The minimum atomic E-state index is -0.550. The summed E-state index contributed by atoms with van der Waals surface area (Å²) in [6.07, 6.45) is 0.437. The Morgan fingerprint density at radius 3 is 2.28 bits per heavy atom. The quantitative estimate of drug-likeness (QED) is 0.801. The zero-order valence-corrected chi connectivity index (χ0v) is 15.1. The van der Waals surface area contributed by atoms with Gasteiger partial charge in [-0.1, -0.05) is 31.2 Å². The average molecular weight is 338 g/mol. The minimum Gasteiger partial charge on any atom is -0.497 e. The molecule has 0 aromatic heterocycles. The van der Waals surface area contributed by atoms with Crippen molar-refractivity contribution in [2.75, 3.05) is 27.2 Å². The Morgan fingerprint density at radius 2 is 1.72 bits per heavy atom. The molecule has 4 heteroatoms. The van der Waals surface area contributed by atoms with Crippen molar-refractivity contribution in [3.63, 3.8) is 0 Å². The summed E-state index contributed by atoms with van der Waals surface area (Å²) in [5.74, 6) is 1.35. The van der Waals surface area contributed by atoms with Gasteiger partial charge in [-0.2, -0.15) is 5.26 Å². The summed E-state index contributed by atoms with van der Waals surface area (Å²) in [5.41, 5.74) is 2.74. The molecule has 0 radical (unpaired) electrons. The molecule has 2 aromatic carbocycles. The monoisotopic (exact) mass is 338 g/mol. The highest BCUT2D eigenvalue weighted by molar-refractivity contribution is 5.32. The van der Waals surface area contributed by atoms with Crippen molar-refractivity contribution in [3.05, 3.63) is 65.2 Å². The Hall–Kier alpha value is -2.35. The molecule has 0 heterocycles. The van der Waals surface area contributed by atoms with Crippen molar-refractivity contribution in [3.8, 4) is 11.8 Å². The van der Waals surface area contributed by atoms with Crippen LogP contribution in [-0.4, -0.2) is 37.3 Å². The third-order valence-corrected chi connectivity index (χ3v) is 4.28. The van der Waals surface area contributed by atoms with Crippen LogP contribution in [0.1, 0.15) is 29.7 Å². The van der Waals surface area contributed by atoms with Crippen LogP contribution in [0.4, 0.5) is 0 Å². The third-order valence-electron chi connectivity index (χ3n) is 4.28. The van der Waals surface area contributed by atoms with Gasteiger partial charge < -0.3 is 14.7 Å². The van der Waals surface area contributed by atoms with Gasteiger partial charge in [0.25, 0.3) is 0 Å². The number of aliphatic hydroxyl groups excluding tert-OH is 1. The molecule has 0 bridgehead atoms. The van der Waals surface area contributed by atoms with Crippen molar-refractivity contribution in [2.24, 2.45) is 5.92 Å². The van der Waals surface area contributed by atoms with E-state index in [1.165, 1.54) is 5.56 Å². The predicted molar refractivity (Wildman–Crippen MR) is 99.5 cm³/mol. The van der Waals surface area contributed by atoms with Gasteiger partial charge in [0.05, 0.1) is 24.8 Å². The Bertz CT molecular complexity index is 689. The van der Waals surface area contributed by atoms with Crippen LogP contribution in [0.25, 0.3) is 0 Å². The molecule has 2 rings (SSSR count). The molecule has 1 N–H and O–H groups in total. The predicted octanol–water partition coefficient (Wildman–Crippen LogP) is 3.41. The minimum absolute atomic E-state index is 0.478. The number of ether oxygens (including phenoxy) is 1. The maximum absolute atomic E-state index is 10.4. The maximum Gasteiger partial charge on any atom is 0.118 e. The summed E-state index contributed by atoms with van der Waals surface area (Å²) in [7, 11) is 3.70. The number of methoxy groups -OCH3 is 1. The summed E-state index contributed by atoms with van der Waals surface area (Å²) >= 11 is 0. The first-order chi connectivity index (χ1) is 12.0. The summed E-state index contributed by atoms with van der Waals surface area (Å²) in [4.78, 5) is 2.15. The second-order valence-electron chi connectivity index (χ2n) is 6.63. The van der Waals surface area contributed by atoms with Gasteiger partial charge in [0.1, 0.15) is 5.75 Å². The molecule has 0 amide bonds. The molecule has 0 fully saturated rings. The molecule has 4 nitrogen and oxygen atoms in total. The SMILES string of the molecule is COc1ccc(CC(C)CN(C)CC(O)c2ccc(C#N)cc2)cc1. The van der Waals surface area contributed by atoms with Gasteiger partial charge in [-0.25, -0.2) is 0 Å². The fourth-order valence-electron chi connectivity index (χ4n) is 3.02. The van der Waals surface area contributed by atoms with Gasteiger partial charge >= 0.3 is 0 Å². The smallest absolute Gasteiger partial charge is 0.118 e. The first kappa shape index (κ1) is 19.0. The zero-order chi connectivity index (χ0) is 18.2. The fourth-order valence-corrected chi connectivity index (χ4v) is 3.02. The maximum atomic E-state index is 10.4. The highest BCUT2D eigenvalue weighted by Crippen LogP contribution is 2.17. The normalized spacial score (nSPS) is 13.3. The van der Waals surface area contributed by atoms with Crippen molar-refractivity contribution < 1.29 is 9.84 Å². The van der Waals surface area contributed by atoms with Gasteiger partial charge in [-0.15, -0.1) is 0 Å². The number of rotatable bonds is 8. The van der Waals surface area contributed by atoms with Crippen LogP contribution >= 0.6 is 0 Å². The number of hydrogen-bond donors (Lipinski definition) is 1. The molecule has 2 aromatic rings. The Kier molecular flexibility index (Phi) is 7.00. The van der Waals surface area contributed by atoms with Gasteiger partial charge in [0.2, 0.25) is 0 Å². The molecule has 0 aliphatic heterocycles. The highest BCUT2D eigenvalue weighted by atomic mass is 16.5. The Morgan fingerprint density at radius 1 is 1.08 bits per heavy atom. The lowest BCUT2D eigenvalue weighted by molar-refractivity contribution is 0.119. The van der Waals surface area contributed by atoms with E-state index in [0.29, 0.717) is 18.0 Å². The lowest BCUT2D eigenvalue weighted by Gasteiger charge is -2.24. The van der Waals surface area contributed by atoms with E-state index in [2.05, 4.69) is 30.0 Å². The topological polar surface area (TPSA) is 56.5 Å². The van der Waals surface area contributed by atoms with Crippen LogP contribution in [-0.2, 0) is 6.42 Å². The molecule has 0 aliphatic carbocycles. The average Bonchev–Trinajstić information content (AvgIpc) is 2.62. The summed E-state index contributed by atoms with van der Waals surface area (Å²) < 4.78 is 5.19. The molecule has 2 unspecified atom stereocenters. The summed E-state index contributed by atoms with van der Waals surface area (Å²) in [6.45, 7) is 3.69. The van der Waals surface area contributed by atoms with E-state index in [1.54, 1.807) is 19.2 Å². The van der Waals surface area contributed by atoms with Crippen molar-refractivity contribution >= 4 is 0 Å². The molecule has 25 heavy (non-hydrogen) atoms. The van der Waals surface area contributed by atoms with E-state index in [-0.39, 0.29) is 0 Å². The molecule has 0 saturated carbocycles.